The number of carbonyl (C=O) groups is 2. The van der Waals surface area contributed by atoms with Crippen LogP contribution in [0.3, 0.4) is 0 Å². The molecular weight excluding hydrogens is 431 g/mol. The summed E-state index contributed by atoms with van der Waals surface area (Å²) in [7, 11) is 0. The Morgan fingerprint density at radius 2 is 1.56 bits per heavy atom. The molecule has 0 spiro atoms. The fourth-order valence-electron chi connectivity index (χ4n) is 4.36. The Hall–Kier alpha value is -2.42. The van der Waals surface area contributed by atoms with Crippen LogP contribution in [0.4, 0.5) is 14.9 Å². The Morgan fingerprint density at radius 3 is 2.06 bits per heavy atom. The topological polar surface area (TPSA) is 79.1 Å². The first-order chi connectivity index (χ1) is 15.0. The van der Waals surface area contributed by atoms with Gasteiger partial charge in [-0.1, -0.05) is 0 Å². The van der Waals surface area contributed by atoms with Crippen molar-refractivity contribution >= 4 is 35.0 Å². The number of ether oxygens (including phenoxy) is 1. The zero-order valence-electron chi connectivity index (χ0n) is 19.1. The van der Waals surface area contributed by atoms with Crippen molar-refractivity contribution in [3.8, 4) is 0 Å². The Labute approximate surface area is 194 Å². The molecule has 2 N–H and O–H groups in total. The normalized spacial score (nSPS) is 18.4. The molecule has 0 bridgehead atoms. The predicted molar refractivity (Wildman–Crippen MR) is 126 cm³/mol. The summed E-state index contributed by atoms with van der Waals surface area (Å²) in [5.41, 5.74) is 6.20. The molecule has 32 heavy (non-hydrogen) atoms. The van der Waals surface area contributed by atoms with Gasteiger partial charge in [0.2, 0.25) is 5.91 Å². The van der Waals surface area contributed by atoms with Gasteiger partial charge in [0, 0.05) is 43.8 Å². The van der Waals surface area contributed by atoms with Crippen molar-refractivity contribution in [3.05, 3.63) is 30.1 Å². The minimum Gasteiger partial charge on any atom is -0.444 e. The van der Waals surface area contributed by atoms with Crippen LogP contribution in [0.25, 0.3) is 0 Å². The molecule has 0 aromatic heterocycles. The Bertz CT molecular complexity index is 827. The van der Waals surface area contributed by atoms with Crippen LogP contribution in [-0.2, 0) is 9.53 Å². The van der Waals surface area contributed by atoms with Crippen LogP contribution in [-0.4, -0.2) is 64.7 Å². The maximum atomic E-state index is 13.3. The fourth-order valence-corrected chi connectivity index (χ4v) is 4.61. The highest BCUT2D eigenvalue weighted by molar-refractivity contribution is 7.80. The van der Waals surface area contributed by atoms with E-state index >= 15 is 0 Å². The van der Waals surface area contributed by atoms with E-state index in [1.807, 2.05) is 30.6 Å². The number of hydrogen-bond acceptors (Lipinski definition) is 4. The molecule has 1 aromatic rings. The number of thiocarbonyl (C=S) groups is 1. The third-order valence-electron chi connectivity index (χ3n) is 5.98. The smallest absolute Gasteiger partial charge is 0.410 e. The highest BCUT2D eigenvalue weighted by atomic mass is 32.1. The van der Waals surface area contributed by atoms with Crippen molar-refractivity contribution in [2.45, 2.75) is 58.1 Å². The quantitative estimate of drug-likeness (QED) is 0.690. The van der Waals surface area contributed by atoms with E-state index in [1.165, 1.54) is 12.1 Å². The third kappa shape index (κ3) is 6.09. The number of carbonyl (C=O) groups excluding carboxylic acids is 2. The van der Waals surface area contributed by atoms with Gasteiger partial charge in [-0.3, -0.25) is 4.79 Å². The van der Waals surface area contributed by atoms with Gasteiger partial charge in [0.05, 0.1) is 0 Å². The Morgan fingerprint density at radius 1 is 1.03 bits per heavy atom. The molecule has 2 heterocycles. The Balaban J connectivity index is 1.52. The van der Waals surface area contributed by atoms with Crippen LogP contribution >= 0.6 is 12.2 Å². The van der Waals surface area contributed by atoms with Crippen LogP contribution in [0.2, 0.25) is 0 Å². The van der Waals surface area contributed by atoms with Crippen molar-refractivity contribution in [2.24, 2.45) is 11.7 Å². The van der Waals surface area contributed by atoms with Crippen LogP contribution in [0.15, 0.2) is 24.3 Å². The standard InChI is InChI=1S/C23H33FN4O3S/c1-23(2,3)31-22(30)27-12-8-16(9-13-27)20(29)26-14-10-19(11-15-26)28(21(25)32)18-6-4-17(24)5-7-18/h4-7,16,19H,8-15H2,1-3H3,(H2,25,32). The predicted octanol–water partition coefficient (Wildman–Crippen LogP) is 3.51. The third-order valence-corrected chi connectivity index (χ3v) is 6.18. The lowest BCUT2D eigenvalue weighted by molar-refractivity contribution is -0.138. The first-order valence-electron chi connectivity index (χ1n) is 11.2. The minimum absolute atomic E-state index is 0.0658. The summed E-state index contributed by atoms with van der Waals surface area (Å²) < 4.78 is 18.7. The van der Waals surface area contributed by atoms with Gasteiger partial charge in [-0.25, -0.2) is 9.18 Å². The molecule has 2 aliphatic rings. The van der Waals surface area contributed by atoms with Crippen LogP contribution < -0.4 is 10.6 Å². The van der Waals surface area contributed by atoms with Crippen molar-refractivity contribution < 1.29 is 18.7 Å². The first kappa shape index (κ1) is 24.2. The molecule has 2 saturated heterocycles. The molecular formula is C23H33FN4O3S. The lowest BCUT2D eigenvalue weighted by atomic mass is 9.93. The second-order valence-corrected chi connectivity index (χ2v) is 9.90. The molecule has 2 amide bonds. The SMILES string of the molecule is CC(C)(C)OC(=O)N1CCC(C(=O)N2CCC(N(C(N)=S)c3ccc(F)cc3)CC2)CC1. The van der Waals surface area contributed by atoms with Crippen molar-refractivity contribution in [1.29, 1.82) is 0 Å². The molecule has 0 aliphatic carbocycles. The zero-order valence-corrected chi connectivity index (χ0v) is 19.9. The first-order valence-corrected chi connectivity index (χ1v) is 11.6. The van der Waals surface area contributed by atoms with Gasteiger partial charge in [0.25, 0.3) is 0 Å². The molecule has 0 radical (unpaired) electrons. The number of nitrogens with zero attached hydrogens (tertiary/aromatic N) is 3. The molecule has 3 rings (SSSR count). The average Bonchev–Trinajstić information content (AvgIpc) is 2.74. The van der Waals surface area contributed by atoms with Crippen molar-refractivity contribution in [2.75, 3.05) is 31.1 Å². The average molecular weight is 465 g/mol. The van der Waals surface area contributed by atoms with Gasteiger partial charge in [0.15, 0.2) is 5.11 Å². The molecule has 9 heteroatoms. The number of hydrogen-bond donors (Lipinski definition) is 1. The lowest BCUT2D eigenvalue weighted by Gasteiger charge is -2.41. The number of likely N-dealkylation sites (tertiary alicyclic amines) is 2. The molecule has 2 aliphatic heterocycles. The van der Waals surface area contributed by atoms with Gasteiger partial charge < -0.3 is 25.2 Å². The molecule has 0 atom stereocenters. The van der Waals surface area contributed by atoms with E-state index < -0.39 is 5.60 Å². The largest absolute Gasteiger partial charge is 0.444 e. The van der Waals surface area contributed by atoms with Crippen molar-refractivity contribution in [3.63, 3.8) is 0 Å². The molecule has 1 aromatic carbocycles. The number of anilines is 1. The van der Waals surface area contributed by atoms with Gasteiger partial charge in [-0.05, 0) is 82.9 Å². The number of nitrogens with two attached hydrogens (primary N) is 1. The van der Waals surface area contributed by atoms with Gasteiger partial charge >= 0.3 is 6.09 Å². The number of halogens is 1. The lowest BCUT2D eigenvalue weighted by Crippen LogP contribution is -2.52. The summed E-state index contributed by atoms with van der Waals surface area (Å²) in [5, 5.41) is 0.246. The maximum Gasteiger partial charge on any atom is 0.410 e. The molecule has 176 valence electrons. The number of rotatable bonds is 3. The monoisotopic (exact) mass is 464 g/mol. The van der Waals surface area contributed by atoms with E-state index in [2.05, 4.69) is 0 Å². The van der Waals surface area contributed by atoms with E-state index in [-0.39, 0.29) is 34.9 Å². The van der Waals surface area contributed by atoms with E-state index in [0.29, 0.717) is 39.0 Å². The van der Waals surface area contributed by atoms with Crippen LogP contribution in [0.1, 0.15) is 46.5 Å². The number of benzene rings is 1. The summed E-state index contributed by atoms with van der Waals surface area (Å²) in [6, 6.07) is 6.19. The van der Waals surface area contributed by atoms with Gasteiger partial charge in [0.1, 0.15) is 11.4 Å². The fraction of sp³-hybridized carbons (Fsp3) is 0.609. The van der Waals surface area contributed by atoms with Gasteiger partial charge in [-0.15, -0.1) is 0 Å². The highest BCUT2D eigenvalue weighted by Gasteiger charge is 2.34. The molecule has 0 unspecified atom stereocenters. The molecule has 7 nitrogen and oxygen atoms in total. The van der Waals surface area contributed by atoms with Crippen LogP contribution in [0.5, 0.6) is 0 Å². The summed E-state index contributed by atoms with van der Waals surface area (Å²) in [6.07, 6.45) is 2.44. The highest BCUT2D eigenvalue weighted by Crippen LogP contribution is 2.27. The van der Waals surface area contributed by atoms with E-state index in [9.17, 15) is 14.0 Å². The summed E-state index contributed by atoms with van der Waals surface area (Å²) in [6.45, 7) is 7.84. The Kier molecular flexibility index (Phi) is 7.59. The number of amides is 2. The van der Waals surface area contributed by atoms with E-state index in [1.54, 1.807) is 17.0 Å². The summed E-state index contributed by atoms with van der Waals surface area (Å²) >= 11 is 5.25. The summed E-state index contributed by atoms with van der Waals surface area (Å²) in [5.74, 6) is -0.236. The minimum atomic E-state index is -0.526. The zero-order chi connectivity index (χ0) is 23.5. The summed E-state index contributed by atoms with van der Waals surface area (Å²) in [4.78, 5) is 30.8. The number of piperidine rings is 2. The van der Waals surface area contributed by atoms with Gasteiger partial charge in [-0.2, -0.15) is 0 Å². The second kappa shape index (κ2) is 10.0. The van der Waals surface area contributed by atoms with E-state index in [0.717, 1.165) is 18.5 Å². The molecule has 0 saturated carbocycles. The molecule has 2 fully saturated rings. The van der Waals surface area contributed by atoms with Crippen LogP contribution in [0, 0.1) is 11.7 Å². The maximum absolute atomic E-state index is 13.3. The second-order valence-electron chi connectivity index (χ2n) is 9.48. The van der Waals surface area contributed by atoms with E-state index in [4.69, 9.17) is 22.7 Å². The van der Waals surface area contributed by atoms with Crippen molar-refractivity contribution in [1.82, 2.24) is 9.80 Å².